The number of rotatable bonds is 4. The zero-order chi connectivity index (χ0) is 22.5. The van der Waals surface area contributed by atoms with Crippen molar-refractivity contribution in [2.75, 3.05) is 12.4 Å². The van der Waals surface area contributed by atoms with Crippen LogP contribution in [0.5, 0.6) is 0 Å². The van der Waals surface area contributed by atoms with Gasteiger partial charge in [0.15, 0.2) is 0 Å². The van der Waals surface area contributed by atoms with Gasteiger partial charge >= 0.3 is 0 Å². The van der Waals surface area contributed by atoms with E-state index >= 15 is 0 Å². The first-order valence-electron chi connectivity index (χ1n) is 11.3. The van der Waals surface area contributed by atoms with E-state index in [1.165, 1.54) is 16.3 Å². The van der Waals surface area contributed by atoms with Gasteiger partial charge in [-0.15, -0.1) is 0 Å². The number of nitrogens with zero attached hydrogens (tertiary/aromatic N) is 1. The maximum Gasteiger partial charge on any atom is 0.254 e. The normalized spacial score (nSPS) is 14.1. The molecule has 4 heteroatoms. The quantitative estimate of drug-likeness (QED) is 0.331. The zero-order valence-corrected chi connectivity index (χ0v) is 18.7. The van der Waals surface area contributed by atoms with Gasteiger partial charge in [-0.3, -0.25) is 4.79 Å². The molecule has 1 aliphatic heterocycles. The summed E-state index contributed by atoms with van der Waals surface area (Å²) < 4.78 is 0. The monoisotopic (exact) mass is 431 g/mol. The molecular formula is C29H25N3O. The molecule has 4 nitrogen and oxygen atoms in total. The van der Waals surface area contributed by atoms with Gasteiger partial charge in [-0.1, -0.05) is 60.7 Å². The molecule has 0 radical (unpaired) electrons. The summed E-state index contributed by atoms with van der Waals surface area (Å²) in [5.41, 5.74) is 8.66. The molecule has 1 amide bonds. The van der Waals surface area contributed by atoms with Crippen LogP contribution in [0, 0.1) is 0 Å². The Kier molecular flexibility index (Phi) is 4.47. The number of anilines is 1. The van der Waals surface area contributed by atoms with Crippen molar-refractivity contribution in [2.45, 2.75) is 19.5 Å². The van der Waals surface area contributed by atoms with Crippen molar-refractivity contribution >= 4 is 33.4 Å². The second-order valence-corrected chi connectivity index (χ2v) is 8.92. The van der Waals surface area contributed by atoms with Crippen LogP contribution in [0.2, 0.25) is 0 Å². The molecule has 6 rings (SSSR count). The zero-order valence-electron chi connectivity index (χ0n) is 18.7. The van der Waals surface area contributed by atoms with E-state index in [-0.39, 0.29) is 11.9 Å². The number of aromatic amines is 1. The van der Waals surface area contributed by atoms with Crippen molar-refractivity contribution in [2.24, 2.45) is 0 Å². The van der Waals surface area contributed by atoms with Crippen molar-refractivity contribution in [3.05, 3.63) is 102 Å². The molecule has 0 fully saturated rings. The summed E-state index contributed by atoms with van der Waals surface area (Å²) in [7, 11) is 1.85. The molecular weight excluding hydrogens is 406 g/mol. The van der Waals surface area contributed by atoms with E-state index in [4.69, 9.17) is 0 Å². The van der Waals surface area contributed by atoms with E-state index in [9.17, 15) is 4.79 Å². The lowest BCUT2D eigenvalue weighted by molar-refractivity contribution is 0.0816. The lowest BCUT2D eigenvalue weighted by atomic mass is 9.99. The van der Waals surface area contributed by atoms with Crippen molar-refractivity contribution < 1.29 is 4.79 Å². The molecule has 0 bridgehead atoms. The van der Waals surface area contributed by atoms with Crippen LogP contribution in [0.3, 0.4) is 0 Å². The number of hydrogen-bond donors (Lipinski definition) is 2. The Morgan fingerprint density at radius 1 is 0.879 bits per heavy atom. The molecule has 2 N–H and O–H groups in total. The molecule has 162 valence electrons. The molecule has 1 unspecified atom stereocenters. The second kappa shape index (κ2) is 7.52. The van der Waals surface area contributed by atoms with Crippen LogP contribution in [-0.2, 0) is 6.54 Å². The summed E-state index contributed by atoms with van der Waals surface area (Å²) in [5, 5.41) is 6.04. The predicted molar refractivity (Wildman–Crippen MR) is 136 cm³/mol. The van der Waals surface area contributed by atoms with Gasteiger partial charge < -0.3 is 15.2 Å². The van der Waals surface area contributed by atoms with Gasteiger partial charge in [-0.25, -0.2) is 0 Å². The number of nitrogens with one attached hydrogen (secondary N) is 2. The van der Waals surface area contributed by atoms with Crippen LogP contribution in [-0.4, -0.2) is 22.8 Å². The number of aromatic nitrogens is 1. The highest BCUT2D eigenvalue weighted by Crippen LogP contribution is 2.35. The summed E-state index contributed by atoms with van der Waals surface area (Å²) in [6, 6.07) is 29.8. The van der Waals surface area contributed by atoms with Crippen molar-refractivity contribution in [3.8, 4) is 11.1 Å². The molecule has 0 spiro atoms. The SMILES string of the molecule is CC(Nc1cccc2c1[nH]c1ccc(-c3ccc4c(c3)C(=O)N(C)C4)cc12)c1ccccc1. The average molecular weight is 432 g/mol. The van der Waals surface area contributed by atoms with Gasteiger partial charge in [0.05, 0.1) is 11.2 Å². The fourth-order valence-corrected chi connectivity index (χ4v) is 4.91. The fourth-order valence-electron chi connectivity index (χ4n) is 4.91. The van der Waals surface area contributed by atoms with Gasteiger partial charge in [0, 0.05) is 41.5 Å². The number of benzene rings is 4. The number of para-hydroxylation sites is 1. The predicted octanol–water partition coefficient (Wildman–Crippen LogP) is 6.75. The molecule has 0 saturated carbocycles. The van der Waals surface area contributed by atoms with Crippen LogP contribution >= 0.6 is 0 Å². The van der Waals surface area contributed by atoms with E-state index in [2.05, 4.69) is 90.0 Å². The number of carbonyl (C=O) groups is 1. The molecule has 2 heterocycles. The van der Waals surface area contributed by atoms with Gasteiger partial charge in [0.25, 0.3) is 5.91 Å². The van der Waals surface area contributed by atoms with E-state index in [0.29, 0.717) is 6.54 Å². The minimum atomic E-state index is 0.100. The summed E-state index contributed by atoms with van der Waals surface area (Å²) in [6.07, 6.45) is 0. The first-order valence-corrected chi connectivity index (χ1v) is 11.3. The van der Waals surface area contributed by atoms with Crippen LogP contribution in [0.4, 0.5) is 5.69 Å². The lowest BCUT2D eigenvalue weighted by Crippen LogP contribution is -2.17. The molecule has 1 aromatic heterocycles. The van der Waals surface area contributed by atoms with Crippen LogP contribution in [0.25, 0.3) is 32.9 Å². The van der Waals surface area contributed by atoms with Gasteiger partial charge in [-0.2, -0.15) is 0 Å². The molecule has 1 atom stereocenters. The van der Waals surface area contributed by atoms with Crippen LogP contribution in [0.1, 0.15) is 34.5 Å². The van der Waals surface area contributed by atoms with Crippen molar-refractivity contribution in [1.82, 2.24) is 9.88 Å². The minimum absolute atomic E-state index is 0.100. The van der Waals surface area contributed by atoms with Gasteiger partial charge in [-0.05, 0) is 53.4 Å². The van der Waals surface area contributed by atoms with Gasteiger partial charge in [0.1, 0.15) is 0 Å². The Hall–Kier alpha value is -4.05. The highest BCUT2D eigenvalue weighted by atomic mass is 16.2. The maximum absolute atomic E-state index is 12.5. The highest BCUT2D eigenvalue weighted by Gasteiger charge is 2.24. The van der Waals surface area contributed by atoms with E-state index in [1.807, 2.05) is 19.2 Å². The van der Waals surface area contributed by atoms with E-state index in [0.717, 1.165) is 39.0 Å². The summed E-state index contributed by atoms with van der Waals surface area (Å²) in [4.78, 5) is 17.8. The number of H-pyrrole nitrogens is 1. The van der Waals surface area contributed by atoms with Crippen LogP contribution in [0.15, 0.2) is 84.9 Å². The topological polar surface area (TPSA) is 48.1 Å². The van der Waals surface area contributed by atoms with Crippen molar-refractivity contribution in [1.29, 1.82) is 0 Å². The van der Waals surface area contributed by atoms with Crippen LogP contribution < -0.4 is 5.32 Å². The third-order valence-corrected chi connectivity index (χ3v) is 6.73. The highest BCUT2D eigenvalue weighted by molar-refractivity contribution is 6.12. The first kappa shape index (κ1) is 19.6. The largest absolute Gasteiger partial charge is 0.377 e. The average Bonchev–Trinajstić information content (AvgIpc) is 3.36. The standard InChI is InChI=1S/C29H25N3O/c1-18(19-7-4-3-5-8-19)30-27-10-6-9-23-25-16-21(13-14-26(25)31-28(23)27)20-11-12-22-17-32(2)29(33)24(22)15-20/h3-16,18,30-31H,17H2,1-2H3. The smallest absolute Gasteiger partial charge is 0.254 e. The maximum atomic E-state index is 12.5. The summed E-state index contributed by atoms with van der Waals surface area (Å²) >= 11 is 0. The lowest BCUT2D eigenvalue weighted by Gasteiger charge is -2.16. The third-order valence-electron chi connectivity index (χ3n) is 6.73. The Bertz CT molecular complexity index is 1520. The third kappa shape index (κ3) is 3.26. The first-order chi connectivity index (χ1) is 16.1. The fraction of sp³-hybridized carbons (Fsp3) is 0.138. The number of fused-ring (bicyclic) bond motifs is 4. The summed E-state index contributed by atoms with van der Waals surface area (Å²) in [6.45, 7) is 2.87. The van der Waals surface area contributed by atoms with E-state index in [1.54, 1.807) is 4.90 Å². The molecule has 0 saturated heterocycles. The number of hydrogen-bond acceptors (Lipinski definition) is 2. The van der Waals surface area contributed by atoms with E-state index < -0.39 is 0 Å². The Labute approximate surface area is 192 Å². The Morgan fingerprint density at radius 3 is 2.52 bits per heavy atom. The van der Waals surface area contributed by atoms with Gasteiger partial charge in [0.2, 0.25) is 0 Å². The molecule has 1 aliphatic rings. The Balaban J connectivity index is 1.41. The molecule has 5 aromatic rings. The molecule has 4 aromatic carbocycles. The Morgan fingerprint density at radius 2 is 1.67 bits per heavy atom. The number of carbonyl (C=O) groups excluding carboxylic acids is 1. The van der Waals surface area contributed by atoms with Crippen molar-refractivity contribution in [3.63, 3.8) is 0 Å². The number of amides is 1. The molecule has 33 heavy (non-hydrogen) atoms. The minimum Gasteiger partial charge on any atom is -0.377 e. The summed E-state index contributed by atoms with van der Waals surface area (Å²) in [5.74, 6) is 0.100. The molecule has 0 aliphatic carbocycles. The second-order valence-electron chi connectivity index (χ2n) is 8.92.